The highest BCUT2D eigenvalue weighted by Gasteiger charge is 2.46. The van der Waals surface area contributed by atoms with Crippen LogP contribution in [0.15, 0.2) is 59.8 Å². The number of carbonyl (C=O) groups excluding carboxylic acids is 3. The number of carbonyl (C=O) groups is 3. The van der Waals surface area contributed by atoms with E-state index in [4.69, 9.17) is 0 Å². The van der Waals surface area contributed by atoms with Crippen LogP contribution in [0.4, 0.5) is 20.6 Å². The molecule has 11 heteroatoms. The summed E-state index contributed by atoms with van der Waals surface area (Å²) in [4.78, 5) is 52.5. The standard InChI is InChI=1S/C23H22FN5O5/c1-3-27-18-12-28(13(2)21(30)25-16-9-7-15(24)8-10-16)22(31)19(18)20(26-23(27)32)14-5-4-6-17(11-14)29(33)34/h4-11,13,20H,3,12H2,1-2H3,(H,25,30)(H,26,32). The molecule has 0 saturated heterocycles. The summed E-state index contributed by atoms with van der Waals surface area (Å²) >= 11 is 0. The molecule has 2 aromatic rings. The fourth-order valence-electron chi connectivity index (χ4n) is 4.15. The van der Waals surface area contributed by atoms with Gasteiger partial charge < -0.3 is 15.5 Å². The number of benzene rings is 2. The van der Waals surface area contributed by atoms with Gasteiger partial charge in [0.25, 0.3) is 11.6 Å². The number of amides is 4. The maximum absolute atomic E-state index is 13.5. The quantitative estimate of drug-likeness (QED) is 0.499. The van der Waals surface area contributed by atoms with E-state index in [1.54, 1.807) is 19.9 Å². The van der Waals surface area contributed by atoms with Gasteiger partial charge in [-0.2, -0.15) is 0 Å². The molecular weight excluding hydrogens is 445 g/mol. The molecule has 0 saturated carbocycles. The first-order valence-electron chi connectivity index (χ1n) is 10.6. The van der Waals surface area contributed by atoms with E-state index in [0.717, 1.165) is 0 Å². The Hall–Kier alpha value is -4.28. The lowest BCUT2D eigenvalue weighted by Crippen LogP contribution is -2.47. The summed E-state index contributed by atoms with van der Waals surface area (Å²) in [5.41, 5.74) is 1.33. The van der Waals surface area contributed by atoms with E-state index in [9.17, 15) is 28.9 Å². The summed E-state index contributed by atoms with van der Waals surface area (Å²) in [5.74, 6) is -1.37. The summed E-state index contributed by atoms with van der Waals surface area (Å²) in [6, 6.07) is 8.75. The maximum atomic E-state index is 13.5. The summed E-state index contributed by atoms with van der Waals surface area (Å²) in [6.45, 7) is 3.64. The predicted molar refractivity (Wildman–Crippen MR) is 120 cm³/mol. The van der Waals surface area contributed by atoms with Crippen LogP contribution in [0, 0.1) is 15.9 Å². The molecule has 0 aliphatic carbocycles. The third-order valence-electron chi connectivity index (χ3n) is 5.94. The molecule has 2 N–H and O–H groups in total. The number of nitrogens with one attached hydrogen (secondary N) is 2. The molecule has 0 fully saturated rings. The second-order valence-electron chi connectivity index (χ2n) is 7.94. The van der Waals surface area contributed by atoms with E-state index < -0.39 is 40.7 Å². The van der Waals surface area contributed by atoms with Gasteiger partial charge in [-0.25, -0.2) is 9.18 Å². The van der Waals surface area contributed by atoms with E-state index in [-0.39, 0.29) is 17.8 Å². The number of hydrogen-bond acceptors (Lipinski definition) is 5. The van der Waals surface area contributed by atoms with Gasteiger partial charge in [0.2, 0.25) is 5.91 Å². The van der Waals surface area contributed by atoms with Gasteiger partial charge in [0.1, 0.15) is 11.9 Å². The first-order chi connectivity index (χ1) is 16.2. The molecule has 2 atom stereocenters. The summed E-state index contributed by atoms with van der Waals surface area (Å²) in [5, 5.41) is 16.6. The van der Waals surface area contributed by atoms with Crippen LogP contribution in [0.5, 0.6) is 0 Å². The monoisotopic (exact) mass is 467 g/mol. The third kappa shape index (κ3) is 4.07. The second-order valence-corrected chi connectivity index (χ2v) is 7.94. The molecule has 2 aliphatic rings. The number of hydrogen-bond donors (Lipinski definition) is 2. The molecule has 10 nitrogen and oxygen atoms in total. The van der Waals surface area contributed by atoms with Crippen LogP contribution in [0.25, 0.3) is 0 Å². The molecular formula is C23H22FN5O5. The summed E-state index contributed by atoms with van der Waals surface area (Å²) in [7, 11) is 0. The lowest BCUT2D eigenvalue weighted by Gasteiger charge is -2.32. The molecule has 2 aromatic carbocycles. The Balaban J connectivity index is 1.63. The van der Waals surface area contributed by atoms with Crippen LogP contribution < -0.4 is 10.6 Å². The zero-order chi connectivity index (χ0) is 24.6. The van der Waals surface area contributed by atoms with E-state index in [1.165, 1.54) is 52.3 Å². The zero-order valence-corrected chi connectivity index (χ0v) is 18.4. The largest absolute Gasteiger partial charge is 0.326 e. The number of anilines is 1. The lowest BCUT2D eigenvalue weighted by atomic mass is 9.95. The molecule has 2 unspecified atom stereocenters. The molecule has 0 bridgehead atoms. The number of halogens is 1. The minimum absolute atomic E-state index is 0.0266. The van der Waals surface area contributed by atoms with Gasteiger partial charge >= 0.3 is 6.03 Å². The molecule has 34 heavy (non-hydrogen) atoms. The minimum atomic E-state index is -0.900. The number of non-ortho nitro benzene ring substituents is 1. The van der Waals surface area contributed by atoms with Crippen LogP contribution in [0.2, 0.25) is 0 Å². The molecule has 4 rings (SSSR count). The van der Waals surface area contributed by atoms with Crippen molar-refractivity contribution < 1.29 is 23.7 Å². The van der Waals surface area contributed by atoms with Crippen molar-refractivity contribution in [2.45, 2.75) is 25.9 Å². The van der Waals surface area contributed by atoms with Gasteiger partial charge in [-0.1, -0.05) is 12.1 Å². The van der Waals surface area contributed by atoms with E-state index in [1.807, 2.05) is 0 Å². The predicted octanol–water partition coefficient (Wildman–Crippen LogP) is 2.94. The van der Waals surface area contributed by atoms with Crippen molar-refractivity contribution in [1.82, 2.24) is 15.1 Å². The second kappa shape index (κ2) is 8.93. The van der Waals surface area contributed by atoms with Crippen LogP contribution in [0.1, 0.15) is 25.5 Å². The Morgan fingerprint density at radius 1 is 1.26 bits per heavy atom. The van der Waals surface area contributed by atoms with Gasteiger partial charge in [0, 0.05) is 24.4 Å². The van der Waals surface area contributed by atoms with Crippen molar-refractivity contribution in [3.05, 3.63) is 81.3 Å². The van der Waals surface area contributed by atoms with Gasteiger partial charge in [-0.15, -0.1) is 0 Å². The van der Waals surface area contributed by atoms with Gasteiger partial charge in [0.05, 0.1) is 28.8 Å². The average Bonchev–Trinajstić information content (AvgIpc) is 3.16. The number of nitrogens with zero attached hydrogens (tertiary/aromatic N) is 3. The molecule has 2 aliphatic heterocycles. The molecule has 0 spiro atoms. The SMILES string of the molecule is CCN1C(=O)NC(c2cccc([N+](=O)[O-])c2)C2=C1CN(C(C)C(=O)Nc1ccc(F)cc1)C2=O. The molecule has 0 aromatic heterocycles. The van der Waals surface area contributed by atoms with E-state index in [0.29, 0.717) is 23.5 Å². The fraction of sp³-hybridized carbons (Fsp3) is 0.261. The Kier molecular flexibility index (Phi) is 6.01. The Morgan fingerprint density at radius 2 is 1.97 bits per heavy atom. The molecule has 0 radical (unpaired) electrons. The number of urea groups is 1. The highest BCUT2D eigenvalue weighted by molar-refractivity contribution is 6.05. The Bertz CT molecular complexity index is 1210. The number of nitro groups is 1. The molecule has 4 amide bonds. The number of nitro benzene ring substituents is 1. The van der Waals surface area contributed by atoms with Crippen molar-refractivity contribution in [3.8, 4) is 0 Å². The average molecular weight is 467 g/mol. The maximum Gasteiger partial charge on any atom is 0.322 e. The molecule has 176 valence electrons. The summed E-state index contributed by atoms with van der Waals surface area (Å²) in [6.07, 6.45) is 0. The highest BCUT2D eigenvalue weighted by atomic mass is 19.1. The van der Waals surface area contributed by atoms with Crippen molar-refractivity contribution in [2.75, 3.05) is 18.4 Å². The number of likely N-dealkylation sites (N-methyl/N-ethyl adjacent to an activating group) is 1. The van der Waals surface area contributed by atoms with Crippen molar-refractivity contribution in [3.63, 3.8) is 0 Å². The van der Waals surface area contributed by atoms with Crippen LogP contribution in [-0.2, 0) is 9.59 Å². The normalized spacial score (nSPS) is 18.5. The highest BCUT2D eigenvalue weighted by Crippen LogP contribution is 2.37. The van der Waals surface area contributed by atoms with E-state index >= 15 is 0 Å². The Labute approximate surface area is 194 Å². The van der Waals surface area contributed by atoms with Gasteiger partial charge in [0.15, 0.2) is 0 Å². The van der Waals surface area contributed by atoms with Crippen LogP contribution in [-0.4, -0.2) is 51.7 Å². The van der Waals surface area contributed by atoms with Crippen molar-refractivity contribution >= 4 is 29.2 Å². The van der Waals surface area contributed by atoms with Crippen LogP contribution in [0.3, 0.4) is 0 Å². The van der Waals surface area contributed by atoms with Gasteiger partial charge in [-0.05, 0) is 43.7 Å². The molecule has 2 heterocycles. The third-order valence-corrected chi connectivity index (χ3v) is 5.94. The van der Waals surface area contributed by atoms with Gasteiger partial charge in [-0.3, -0.25) is 24.6 Å². The minimum Gasteiger partial charge on any atom is -0.326 e. The zero-order valence-electron chi connectivity index (χ0n) is 18.4. The number of rotatable bonds is 6. The fourth-order valence-corrected chi connectivity index (χ4v) is 4.15. The first-order valence-corrected chi connectivity index (χ1v) is 10.6. The smallest absolute Gasteiger partial charge is 0.322 e. The summed E-state index contributed by atoms with van der Waals surface area (Å²) < 4.78 is 13.2. The first kappa shape index (κ1) is 22.9. The van der Waals surface area contributed by atoms with Crippen molar-refractivity contribution in [1.29, 1.82) is 0 Å². The van der Waals surface area contributed by atoms with E-state index in [2.05, 4.69) is 10.6 Å². The lowest BCUT2D eigenvalue weighted by molar-refractivity contribution is -0.384. The van der Waals surface area contributed by atoms with Crippen LogP contribution >= 0.6 is 0 Å². The topological polar surface area (TPSA) is 125 Å². The Morgan fingerprint density at radius 3 is 2.62 bits per heavy atom. The van der Waals surface area contributed by atoms with Crippen molar-refractivity contribution in [2.24, 2.45) is 0 Å².